The van der Waals surface area contributed by atoms with Gasteiger partial charge in [0.1, 0.15) is 53.1 Å². The molecule has 5 saturated carbocycles. The Kier molecular flexibility index (Phi) is 15.0. The Bertz CT molecular complexity index is 3660. The van der Waals surface area contributed by atoms with Crippen molar-refractivity contribution >= 4 is 55.8 Å². The van der Waals surface area contributed by atoms with Gasteiger partial charge in [-0.05, 0) is 140 Å². The van der Waals surface area contributed by atoms with Crippen LogP contribution >= 0.6 is 0 Å². The number of nitrogens with zero attached hydrogens (tertiary/aromatic N) is 10. The molecule has 0 amide bonds. The fourth-order valence-corrected chi connectivity index (χ4v) is 15.2. The first-order valence-electron chi connectivity index (χ1n) is 31.6. The Morgan fingerprint density at radius 1 is 0.619 bits per heavy atom. The van der Waals surface area contributed by atoms with Crippen molar-refractivity contribution < 1.29 is 20.4 Å². The molecule has 84 heavy (non-hydrogen) atoms. The second-order valence-corrected chi connectivity index (χ2v) is 28.9. The fourth-order valence-electron chi connectivity index (χ4n) is 15.2. The van der Waals surface area contributed by atoms with Crippen LogP contribution in [0.3, 0.4) is 0 Å². The number of nitrogens with two attached hydrogens (primary N) is 2. The molecule has 18 nitrogen and oxygen atoms in total. The number of benzene rings is 2. The number of hydrogen-bond acceptors (Lipinski definition) is 14. The number of aromatic nitrogens is 10. The molecule has 2 aromatic carbocycles. The third-order valence-corrected chi connectivity index (χ3v) is 20.6. The molecule has 0 saturated heterocycles. The molecule has 6 heterocycles. The molecule has 0 spiro atoms. The molecule has 448 valence electrons. The van der Waals surface area contributed by atoms with Gasteiger partial charge in [-0.2, -0.15) is 0 Å². The zero-order valence-corrected chi connectivity index (χ0v) is 50.6. The highest BCUT2D eigenvalue weighted by Crippen LogP contribution is 2.46. The SMILES string of the molecule is CC(C)CN(C[C@H]1C[C@@H](n2ccc3c(N)ncnc32)[C@H](O)[C@@H]1O)C1CC(CCc2nc3c(-c4nc(N)c5ccn([C@@H]6C[C@H](CN(C7CCC7)C7CC(CCc8nc9ccc(C(C)(C)C)cc9[nH]8)C7)[C@@H](O)[C@H]6O)c5n4)cc(C(C)(C)C)cc3[nH]2)C1. The second-order valence-electron chi connectivity index (χ2n) is 28.9. The van der Waals surface area contributed by atoms with Crippen molar-refractivity contribution in [3.05, 3.63) is 84.0 Å². The maximum Gasteiger partial charge on any atom is 0.166 e. The third kappa shape index (κ3) is 10.8. The Labute approximate surface area is 493 Å². The quantitative estimate of drug-likeness (QED) is 0.0398. The van der Waals surface area contributed by atoms with Crippen LogP contribution in [0.25, 0.3) is 55.5 Å². The van der Waals surface area contributed by atoms with Gasteiger partial charge in [0.25, 0.3) is 0 Å². The number of H-pyrrole nitrogens is 2. The normalized spacial score (nSPS) is 27.8. The number of hydrogen-bond donors (Lipinski definition) is 8. The molecular weight excluding hydrogens is 1050 g/mol. The average molecular weight is 1140 g/mol. The summed E-state index contributed by atoms with van der Waals surface area (Å²) in [6, 6.07) is 15.6. The predicted molar refractivity (Wildman–Crippen MR) is 331 cm³/mol. The Hall–Kier alpha value is -6.02. The van der Waals surface area contributed by atoms with Crippen molar-refractivity contribution in [2.24, 2.45) is 29.6 Å². The molecule has 0 radical (unpaired) electrons. The summed E-state index contributed by atoms with van der Waals surface area (Å²) < 4.78 is 4.01. The van der Waals surface area contributed by atoms with Crippen LogP contribution in [-0.4, -0.2) is 141 Å². The lowest BCUT2D eigenvalue weighted by Crippen LogP contribution is -2.54. The van der Waals surface area contributed by atoms with Crippen LogP contribution < -0.4 is 11.5 Å². The number of anilines is 2. The highest BCUT2D eigenvalue weighted by Gasteiger charge is 2.48. The van der Waals surface area contributed by atoms with E-state index in [0.29, 0.717) is 77.5 Å². The number of imidazole rings is 2. The predicted octanol–water partition coefficient (Wildman–Crippen LogP) is 9.56. The first-order chi connectivity index (χ1) is 40.1. The van der Waals surface area contributed by atoms with E-state index in [1.165, 1.54) is 31.2 Å². The lowest BCUT2D eigenvalue weighted by Gasteiger charge is -2.50. The van der Waals surface area contributed by atoms with Crippen molar-refractivity contribution in [2.75, 3.05) is 31.1 Å². The molecule has 5 fully saturated rings. The van der Waals surface area contributed by atoms with Gasteiger partial charge in [-0.25, -0.2) is 29.9 Å². The molecule has 13 rings (SSSR count). The minimum Gasteiger partial charge on any atom is -0.390 e. The molecule has 0 bridgehead atoms. The largest absolute Gasteiger partial charge is 0.390 e. The van der Waals surface area contributed by atoms with Crippen LogP contribution in [0.5, 0.6) is 0 Å². The van der Waals surface area contributed by atoms with Gasteiger partial charge >= 0.3 is 0 Å². The number of fused-ring (bicyclic) bond motifs is 4. The minimum atomic E-state index is -0.962. The number of aryl methyl sites for hydroxylation is 2. The first-order valence-corrected chi connectivity index (χ1v) is 31.6. The van der Waals surface area contributed by atoms with Gasteiger partial charge < -0.3 is 51.0 Å². The second kappa shape index (κ2) is 22.0. The van der Waals surface area contributed by atoms with Gasteiger partial charge in [0.05, 0.1) is 57.1 Å². The van der Waals surface area contributed by atoms with Gasteiger partial charge in [0, 0.05) is 80.4 Å². The lowest BCUT2D eigenvalue weighted by atomic mass is 9.74. The van der Waals surface area contributed by atoms with E-state index in [9.17, 15) is 20.4 Å². The monoisotopic (exact) mass is 1140 g/mol. The molecule has 18 heteroatoms. The summed E-state index contributed by atoms with van der Waals surface area (Å²) in [4.78, 5) is 41.7. The molecule has 0 unspecified atom stereocenters. The van der Waals surface area contributed by atoms with Gasteiger partial charge in [0.2, 0.25) is 0 Å². The summed E-state index contributed by atoms with van der Waals surface area (Å²) in [6.45, 7) is 20.3. The zero-order valence-electron chi connectivity index (χ0n) is 50.6. The highest BCUT2D eigenvalue weighted by molar-refractivity contribution is 5.94. The number of aromatic amines is 2. The van der Waals surface area contributed by atoms with Crippen LogP contribution in [0.4, 0.5) is 11.6 Å². The molecule has 6 aromatic heterocycles. The van der Waals surface area contributed by atoms with Crippen LogP contribution in [0, 0.1) is 29.6 Å². The van der Waals surface area contributed by atoms with Crippen molar-refractivity contribution in [3.8, 4) is 11.4 Å². The summed E-state index contributed by atoms with van der Waals surface area (Å²) in [7, 11) is 0. The number of rotatable bonds is 18. The molecule has 5 aliphatic rings. The molecular formula is C66H90N14O4. The molecule has 8 aromatic rings. The van der Waals surface area contributed by atoms with E-state index in [2.05, 4.69) is 115 Å². The van der Waals surface area contributed by atoms with E-state index in [-0.39, 0.29) is 34.7 Å². The maximum absolute atomic E-state index is 12.0. The summed E-state index contributed by atoms with van der Waals surface area (Å²) in [5, 5.41) is 48.2. The number of nitrogens with one attached hydrogen (secondary N) is 2. The van der Waals surface area contributed by atoms with E-state index in [1.807, 2.05) is 33.7 Å². The topological polar surface area (TPSA) is 258 Å². The van der Waals surface area contributed by atoms with E-state index in [1.54, 1.807) is 0 Å². The van der Waals surface area contributed by atoms with Crippen LogP contribution in [0.15, 0.2) is 61.2 Å². The standard InChI is InChI=1S/C66H90N14O4/c1-35(2)31-77(32-38-26-51(58(83)56(38)81)78-20-18-45-60(67)69-34-70-63(45)78)43-22-36(23-43)13-17-54-73-50-30-41(66(6,7)8)28-47(55(50)74-54)62-75-61(68)46-19-21-79(64(46)76-62)52-27-39(57(82)59(52)84)33-80(42-10-9-11-42)44-24-37(25-44)12-16-53-71-48-15-14-40(65(3,4)5)29-49(48)72-53/h14-15,18-21,28-30,34-39,42-44,51-52,56-59,81-84H,9-13,16-17,22-27,31-33H2,1-8H3,(H,71,72)(H,73,74)(H2,67,69,70)(H2,68,75,76)/t36?,37?,38-,39-,43?,44?,51-,52-,56-,57-,58+,59+/m1/s1. The fraction of sp³-hybridized carbons (Fsp3) is 0.606. The van der Waals surface area contributed by atoms with Crippen molar-refractivity contribution in [1.29, 1.82) is 0 Å². The zero-order chi connectivity index (χ0) is 58.7. The minimum absolute atomic E-state index is 0.0833. The van der Waals surface area contributed by atoms with Gasteiger partial charge in [0.15, 0.2) is 5.82 Å². The molecule has 0 aliphatic heterocycles. The number of aliphatic hydroxyl groups excluding tert-OH is 4. The Balaban J connectivity index is 0.672. The average Bonchev–Trinajstić information content (AvgIpc) is 2.59. The number of aliphatic hydroxyl groups is 4. The third-order valence-electron chi connectivity index (χ3n) is 20.6. The van der Waals surface area contributed by atoms with Crippen LogP contribution in [-0.2, 0) is 23.7 Å². The van der Waals surface area contributed by atoms with E-state index in [0.717, 1.165) is 127 Å². The smallest absolute Gasteiger partial charge is 0.166 e. The Morgan fingerprint density at radius 3 is 1.85 bits per heavy atom. The van der Waals surface area contributed by atoms with Gasteiger partial charge in [-0.1, -0.05) is 67.9 Å². The summed E-state index contributed by atoms with van der Waals surface area (Å²) in [5.74, 6) is 4.73. The van der Waals surface area contributed by atoms with E-state index < -0.39 is 24.4 Å². The molecule has 5 aliphatic carbocycles. The maximum atomic E-state index is 12.0. The van der Waals surface area contributed by atoms with Crippen molar-refractivity contribution in [2.45, 2.75) is 204 Å². The summed E-state index contributed by atoms with van der Waals surface area (Å²) in [5.41, 5.74) is 21.4. The van der Waals surface area contributed by atoms with Crippen LogP contribution in [0.1, 0.15) is 161 Å². The highest BCUT2D eigenvalue weighted by atomic mass is 16.3. The van der Waals surface area contributed by atoms with Crippen molar-refractivity contribution in [1.82, 2.24) is 58.8 Å². The van der Waals surface area contributed by atoms with Gasteiger partial charge in [-0.3, -0.25) is 9.80 Å². The van der Waals surface area contributed by atoms with Crippen LogP contribution in [0.2, 0.25) is 0 Å². The van der Waals surface area contributed by atoms with E-state index in [4.69, 9.17) is 31.4 Å². The first kappa shape index (κ1) is 57.1. The molecule has 8 atom stereocenters. The summed E-state index contributed by atoms with van der Waals surface area (Å²) >= 11 is 0. The molecule has 10 N–H and O–H groups in total. The van der Waals surface area contributed by atoms with Crippen molar-refractivity contribution in [3.63, 3.8) is 0 Å². The summed E-state index contributed by atoms with van der Waals surface area (Å²) in [6.07, 6.45) is 15.0. The van der Waals surface area contributed by atoms with E-state index >= 15 is 0 Å². The lowest BCUT2D eigenvalue weighted by molar-refractivity contribution is -0.0338. The Morgan fingerprint density at radius 2 is 1.21 bits per heavy atom. The number of nitrogen functional groups attached to an aromatic ring is 2. The van der Waals surface area contributed by atoms with Gasteiger partial charge in [-0.15, -0.1) is 0 Å².